The summed E-state index contributed by atoms with van der Waals surface area (Å²) in [7, 11) is 2.04. The molecule has 0 amide bonds. The van der Waals surface area contributed by atoms with Gasteiger partial charge in [0.1, 0.15) is 0 Å². The highest BCUT2D eigenvalue weighted by Crippen LogP contribution is 2.28. The summed E-state index contributed by atoms with van der Waals surface area (Å²) in [5.41, 5.74) is 0. The Morgan fingerprint density at radius 1 is 1.29 bits per heavy atom. The molecule has 21 heavy (non-hydrogen) atoms. The van der Waals surface area contributed by atoms with Crippen LogP contribution in [0.3, 0.4) is 0 Å². The predicted molar refractivity (Wildman–Crippen MR) is 84.3 cm³/mol. The van der Waals surface area contributed by atoms with E-state index in [-0.39, 0.29) is 0 Å². The van der Waals surface area contributed by atoms with Gasteiger partial charge >= 0.3 is 0 Å². The van der Waals surface area contributed by atoms with E-state index in [2.05, 4.69) is 34.2 Å². The highest BCUT2D eigenvalue weighted by atomic mass is 16.5. The largest absolute Gasteiger partial charge is 0.339 e. The lowest BCUT2D eigenvalue weighted by Gasteiger charge is -2.20. The summed E-state index contributed by atoms with van der Waals surface area (Å²) in [4.78, 5) is 6.95. The second-order valence-electron chi connectivity index (χ2n) is 6.03. The normalized spacial score (nSPS) is 17.7. The lowest BCUT2D eigenvalue weighted by molar-refractivity contribution is 0.300. The van der Waals surface area contributed by atoms with E-state index in [4.69, 9.17) is 4.52 Å². The Morgan fingerprint density at radius 3 is 2.62 bits per heavy atom. The van der Waals surface area contributed by atoms with E-state index in [1.54, 1.807) is 0 Å². The zero-order chi connectivity index (χ0) is 15.1. The summed E-state index contributed by atoms with van der Waals surface area (Å²) in [6.07, 6.45) is 7.12. The zero-order valence-electron chi connectivity index (χ0n) is 13.8. The monoisotopic (exact) mass is 294 g/mol. The van der Waals surface area contributed by atoms with Gasteiger partial charge in [0, 0.05) is 25.4 Å². The minimum atomic E-state index is 0.476. The van der Waals surface area contributed by atoms with Crippen LogP contribution in [0.4, 0.5) is 0 Å². The molecule has 1 heterocycles. The molecule has 0 bridgehead atoms. The average molecular weight is 294 g/mol. The number of likely N-dealkylation sites (N-methyl/N-ethyl adjacent to an activating group) is 2. The average Bonchev–Trinajstić information content (AvgIpc) is 3.17. The predicted octanol–water partition coefficient (Wildman–Crippen LogP) is 2.27. The second-order valence-corrected chi connectivity index (χ2v) is 6.03. The Kier molecular flexibility index (Phi) is 6.64. The van der Waals surface area contributed by atoms with Crippen molar-refractivity contribution < 1.29 is 4.52 Å². The Bertz CT molecular complexity index is 397. The van der Waals surface area contributed by atoms with Gasteiger partial charge in [-0.2, -0.15) is 4.98 Å². The number of aromatic nitrogens is 2. The lowest BCUT2D eigenvalue weighted by Crippen LogP contribution is -2.34. The van der Waals surface area contributed by atoms with Crippen LogP contribution >= 0.6 is 0 Å². The molecule has 0 aromatic carbocycles. The van der Waals surface area contributed by atoms with Crippen molar-refractivity contribution in [2.24, 2.45) is 5.92 Å². The van der Waals surface area contributed by atoms with Gasteiger partial charge in [0.05, 0.1) is 0 Å². The van der Waals surface area contributed by atoms with Crippen LogP contribution in [0.25, 0.3) is 0 Å². The molecule has 120 valence electrons. The van der Waals surface area contributed by atoms with Crippen molar-refractivity contribution in [3.8, 4) is 0 Å². The maximum Gasteiger partial charge on any atom is 0.228 e. The minimum absolute atomic E-state index is 0.476. The molecule has 5 nitrogen and oxygen atoms in total. The first-order valence-corrected chi connectivity index (χ1v) is 8.47. The van der Waals surface area contributed by atoms with Crippen LogP contribution < -0.4 is 5.32 Å². The fourth-order valence-electron chi connectivity index (χ4n) is 3.32. The summed E-state index contributed by atoms with van der Waals surface area (Å²) in [6, 6.07) is 0.476. The zero-order valence-corrected chi connectivity index (χ0v) is 13.8. The van der Waals surface area contributed by atoms with Crippen LogP contribution in [-0.2, 0) is 12.8 Å². The van der Waals surface area contributed by atoms with Crippen LogP contribution in [0.15, 0.2) is 4.52 Å². The molecule has 1 unspecified atom stereocenters. The summed E-state index contributed by atoms with van der Waals surface area (Å²) < 4.78 is 5.44. The third-order valence-electron chi connectivity index (χ3n) is 4.79. The van der Waals surface area contributed by atoms with Gasteiger partial charge in [-0.1, -0.05) is 31.8 Å². The van der Waals surface area contributed by atoms with E-state index >= 15 is 0 Å². The number of nitrogens with zero attached hydrogens (tertiary/aromatic N) is 3. The maximum atomic E-state index is 5.44. The summed E-state index contributed by atoms with van der Waals surface area (Å²) in [5, 5.41) is 7.56. The van der Waals surface area contributed by atoms with Gasteiger partial charge in [0.15, 0.2) is 5.82 Å². The fraction of sp³-hybridized carbons (Fsp3) is 0.875. The SMILES string of the molecule is CCN(CC)CCc1noc(CC(NC)C2CCCC2)n1. The number of nitrogens with one attached hydrogen (secondary N) is 1. The maximum absolute atomic E-state index is 5.44. The molecule has 0 saturated heterocycles. The van der Waals surface area contributed by atoms with Gasteiger partial charge in [-0.05, 0) is 38.9 Å². The molecule has 0 spiro atoms. The van der Waals surface area contributed by atoms with Crippen molar-refractivity contribution in [3.05, 3.63) is 11.7 Å². The first-order valence-electron chi connectivity index (χ1n) is 8.47. The highest BCUT2D eigenvalue weighted by Gasteiger charge is 2.25. The minimum Gasteiger partial charge on any atom is -0.339 e. The van der Waals surface area contributed by atoms with E-state index in [1.165, 1.54) is 25.7 Å². The van der Waals surface area contributed by atoms with Crippen LogP contribution in [0.2, 0.25) is 0 Å². The molecule has 1 aromatic heterocycles. The third kappa shape index (κ3) is 4.78. The van der Waals surface area contributed by atoms with Crippen LogP contribution in [0.5, 0.6) is 0 Å². The molecule has 5 heteroatoms. The van der Waals surface area contributed by atoms with Gasteiger partial charge in [0.25, 0.3) is 0 Å². The van der Waals surface area contributed by atoms with E-state index in [0.29, 0.717) is 6.04 Å². The van der Waals surface area contributed by atoms with Crippen LogP contribution in [0, 0.1) is 5.92 Å². The summed E-state index contributed by atoms with van der Waals surface area (Å²) in [6.45, 7) is 7.52. The van der Waals surface area contributed by atoms with Crippen molar-refractivity contribution in [1.29, 1.82) is 0 Å². The van der Waals surface area contributed by atoms with E-state index in [1.807, 2.05) is 7.05 Å². The van der Waals surface area contributed by atoms with E-state index < -0.39 is 0 Å². The van der Waals surface area contributed by atoms with Crippen molar-refractivity contribution >= 4 is 0 Å². The summed E-state index contributed by atoms with van der Waals surface area (Å²) >= 11 is 0. The molecular formula is C16H30N4O. The Balaban J connectivity index is 1.84. The molecule has 0 aliphatic heterocycles. The van der Waals surface area contributed by atoms with Crippen LogP contribution in [-0.4, -0.2) is 47.8 Å². The topological polar surface area (TPSA) is 54.2 Å². The molecule has 0 radical (unpaired) electrons. The first kappa shape index (κ1) is 16.4. The van der Waals surface area contributed by atoms with Crippen molar-refractivity contribution in [2.45, 2.75) is 58.4 Å². The van der Waals surface area contributed by atoms with Gasteiger partial charge in [0.2, 0.25) is 5.89 Å². The molecular weight excluding hydrogens is 264 g/mol. The molecule has 1 aliphatic rings. The first-order chi connectivity index (χ1) is 10.3. The smallest absolute Gasteiger partial charge is 0.228 e. The number of hydrogen-bond donors (Lipinski definition) is 1. The molecule has 1 saturated carbocycles. The number of rotatable bonds is 9. The van der Waals surface area contributed by atoms with Crippen molar-refractivity contribution in [1.82, 2.24) is 20.4 Å². The van der Waals surface area contributed by atoms with E-state index in [9.17, 15) is 0 Å². The standard InChI is InChI=1S/C16H30N4O/c1-4-20(5-2)11-10-15-18-16(21-19-15)12-14(17-3)13-8-6-7-9-13/h13-14,17H,4-12H2,1-3H3. The molecule has 1 N–H and O–H groups in total. The van der Waals surface area contributed by atoms with Gasteiger partial charge < -0.3 is 14.7 Å². The molecule has 2 rings (SSSR count). The summed E-state index contributed by atoms with van der Waals surface area (Å²) in [5.74, 6) is 2.40. The second kappa shape index (κ2) is 8.49. The fourth-order valence-corrected chi connectivity index (χ4v) is 3.32. The van der Waals surface area contributed by atoms with E-state index in [0.717, 1.165) is 50.1 Å². The third-order valence-corrected chi connectivity index (χ3v) is 4.79. The molecule has 1 aromatic rings. The molecule has 1 fully saturated rings. The number of hydrogen-bond acceptors (Lipinski definition) is 5. The Labute approximate surface area is 128 Å². The van der Waals surface area contributed by atoms with Crippen molar-refractivity contribution in [3.63, 3.8) is 0 Å². The Morgan fingerprint density at radius 2 is 2.00 bits per heavy atom. The van der Waals surface area contributed by atoms with Gasteiger partial charge in [-0.15, -0.1) is 0 Å². The van der Waals surface area contributed by atoms with Gasteiger partial charge in [-0.25, -0.2) is 0 Å². The quantitative estimate of drug-likeness (QED) is 0.757. The molecule has 1 atom stereocenters. The van der Waals surface area contributed by atoms with Gasteiger partial charge in [-0.3, -0.25) is 0 Å². The highest BCUT2D eigenvalue weighted by molar-refractivity contribution is 4.93. The van der Waals surface area contributed by atoms with Crippen LogP contribution in [0.1, 0.15) is 51.2 Å². The Hall–Kier alpha value is -0.940. The van der Waals surface area contributed by atoms with Crippen molar-refractivity contribution in [2.75, 3.05) is 26.7 Å². The molecule has 1 aliphatic carbocycles. The lowest BCUT2D eigenvalue weighted by atomic mass is 9.95.